The van der Waals surface area contributed by atoms with Crippen LogP contribution in [0.25, 0.3) is 0 Å². The van der Waals surface area contributed by atoms with Crippen LogP contribution in [-0.2, 0) is 24.8 Å². The third-order valence-electron chi connectivity index (χ3n) is 2.56. The van der Waals surface area contributed by atoms with E-state index in [-0.39, 0.29) is 19.6 Å². The van der Waals surface area contributed by atoms with Gasteiger partial charge in [-0.25, -0.2) is 0 Å². The molecule has 0 spiro atoms. The molecule has 1 N–H and O–H groups in total. The molecule has 106 valence electrons. The Balaban J connectivity index is 2.98. The van der Waals surface area contributed by atoms with Crippen LogP contribution in [0.2, 0.25) is 0 Å². The summed E-state index contributed by atoms with van der Waals surface area (Å²) in [6.07, 6.45) is 0.119. The van der Waals surface area contributed by atoms with E-state index < -0.39 is 19.2 Å². The first-order valence-corrected chi connectivity index (χ1v) is 7.80. The number of rotatable bonds is 8. The summed E-state index contributed by atoms with van der Waals surface area (Å²) in [4.78, 5) is 11.4. The van der Waals surface area contributed by atoms with E-state index in [0.717, 1.165) is 5.56 Å². The predicted molar refractivity (Wildman–Crippen MR) is 72.4 cm³/mol. The van der Waals surface area contributed by atoms with Crippen molar-refractivity contribution in [3.8, 4) is 0 Å². The summed E-state index contributed by atoms with van der Waals surface area (Å²) in [6.45, 7) is 3.62. The SMILES string of the molecule is CCOP(=O)(OCC)C(Cc1ccccc1)C(=O)O. The number of carboxylic acid groups (broad SMARTS) is 1. The second-order valence-corrected chi connectivity index (χ2v) is 6.14. The Hall–Kier alpha value is -1.16. The highest BCUT2D eigenvalue weighted by atomic mass is 31.2. The second-order valence-electron chi connectivity index (χ2n) is 3.92. The normalized spacial score (nSPS) is 13.2. The third kappa shape index (κ3) is 4.46. The molecule has 0 saturated heterocycles. The first-order valence-electron chi connectivity index (χ1n) is 6.19. The Bertz CT molecular complexity index is 436. The van der Waals surface area contributed by atoms with Crippen LogP contribution in [0.1, 0.15) is 19.4 Å². The average molecular weight is 286 g/mol. The molecule has 0 heterocycles. The molecule has 1 rings (SSSR count). The second kappa shape index (κ2) is 7.43. The zero-order valence-corrected chi connectivity index (χ0v) is 12.0. The molecule has 0 aliphatic carbocycles. The largest absolute Gasteiger partial charge is 0.481 e. The van der Waals surface area contributed by atoms with E-state index in [2.05, 4.69) is 0 Å². The van der Waals surface area contributed by atoms with Crippen molar-refractivity contribution in [1.82, 2.24) is 0 Å². The number of benzene rings is 1. The zero-order valence-electron chi connectivity index (χ0n) is 11.1. The molecule has 1 unspecified atom stereocenters. The van der Waals surface area contributed by atoms with Crippen molar-refractivity contribution in [2.24, 2.45) is 0 Å². The summed E-state index contributed by atoms with van der Waals surface area (Å²) in [6, 6.07) is 9.03. The molecule has 0 aliphatic rings. The molecule has 0 radical (unpaired) electrons. The summed E-state index contributed by atoms with van der Waals surface area (Å²) in [5.41, 5.74) is -0.399. The number of aliphatic carboxylic acids is 1. The molecule has 1 aromatic carbocycles. The molecule has 1 atom stereocenters. The first kappa shape index (κ1) is 15.9. The Morgan fingerprint density at radius 2 is 1.74 bits per heavy atom. The standard InChI is InChI=1S/C13H19O5P/c1-3-17-19(16,18-4-2)12(13(14)15)10-11-8-6-5-7-9-11/h5-9,12H,3-4,10H2,1-2H3,(H,14,15). The van der Waals surface area contributed by atoms with Crippen LogP contribution >= 0.6 is 7.60 Å². The average Bonchev–Trinajstić information content (AvgIpc) is 2.37. The molecule has 0 bridgehead atoms. The van der Waals surface area contributed by atoms with Gasteiger partial charge in [0.05, 0.1) is 13.2 Å². The highest BCUT2D eigenvalue weighted by molar-refractivity contribution is 7.55. The van der Waals surface area contributed by atoms with E-state index in [9.17, 15) is 14.5 Å². The topological polar surface area (TPSA) is 72.8 Å². The fourth-order valence-corrected chi connectivity index (χ4v) is 3.61. The molecule has 6 heteroatoms. The molecule has 0 saturated carbocycles. The van der Waals surface area contributed by atoms with Gasteiger partial charge >= 0.3 is 13.6 Å². The quantitative estimate of drug-likeness (QED) is 0.744. The van der Waals surface area contributed by atoms with E-state index >= 15 is 0 Å². The predicted octanol–water partition coefficient (Wildman–Crippen LogP) is 2.95. The summed E-state index contributed by atoms with van der Waals surface area (Å²) in [5, 5.41) is 9.29. The first-order chi connectivity index (χ1) is 9.03. The number of hydrogen-bond acceptors (Lipinski definition) is 4. The van der Waals surface area contributed by atoms with Crippen LogP contribution in [0.5, 0.6) is 0 Å². The molecule has 5 nitrogen and oxygen atoms in total. The fourth-order valence-electron chi connectivity index (χ4n) is 1.75. The van der Waals surface area contributed by atoms with Crippen molar-refractivity contribution < 1.29 is 23.5 Å². The van der Waals surface area contributed by atoms with Gasteiger partial charge in [0.25, 0.3) is 0 Å². The maximum Gasteiger partial charge on any atom is 0.345 e. The lowest BCUT2D eigenvalue weighted by Gasteiger charge is -2.23. The lowest BCUT2D eigenvalue weighted by Crippen LogP contribution is -2.25. The van der Waals surface area contributed by atoms with Gasteiger partial charge in [0.2, 0.25) is 0 Å². The highest BCUT2D eigenvalue weighted by Gasteiger charge is 2.41. The number of hydrogen-bond donors (Lipinski definition) is 1. The van der Waals surface area contributed by atoms with E-state index in [1.165, 1.54) is 0 Å². The Labute approximate surface area is 113 Å². The van der Waals surface area contributed by atoms with Crippen molar-refractivity contribution >= 4 is 13.6 Å². The van der Waals surface area contributed by atoms with Crippen molar-refractivity contribution in [2.75, 3.05) is 13.2 Å². The summed E-state index contributed by atoms with van der Waals surface area (Å²) in [5.74, 6) is -1.17. The molecule has 0 fully saturated rings. The van der Waals surface area contributed by atoms with Crippen LogP contribution in [0.4, 0.5) is 0 Å². The zero-order chi connectivity index (χ0) is 14.3. The molecule has 0 aromatic heterocycles. The van der Waals surface area contributed by atoms with Gasteiger partial charge in [-0.05, 0) is 25.8 Å². The fraction of sp³-hybridized carbons (Fsp3) is 0.462. The molecular formula is C13H19O5P. The Morgan fingerprint density at radius 3 is 2.16 bits per heavy atom. The van der Waals surface area contributed by atoms with Crippen molar-refractivity contribution in [1.29, 1.82) is 0 Å². The minimum atomic E-state index is -3.65. The Kier molecular flexibility index (Phi) is 6.22. The minimum absolute atomic E-state index is 0.119. The lowest BCUT2D eigenvalue weighted by atomic mass is 10.1. The van der Waals surface area contributed by atoms with E-state index in [0.29, 0.717) is 0 Å². The van der Waals surface area contributed by atoms with E-state index in [1.54, 1.807) is 38.1 Å². The monoisotopic (exact) mass is 286 g/mol. The summed E-state index contributed by atoms with van der Waals surface area (Å²) >= 11 is 0. The van der Waals surface area contributed by atoms with Gasteiger partial charge in [-0.1, -0.05) is 30.3 Å². The summed E-state index contributed by atoms with van der Waals surface area (Å²) in [7, 11) is -3.65. The highest BCUT2D eigenvalue weighted by Crippen LogP contribution is 2.54. The van der Waals surface area contributed by atoms with E-state index in [1.807, 2.05) is 6.07 Å². The van der Waals surface area contributed by atoms with E-state index in [4.69, 9.17) is 9.05 Å². The smallest absolute Gasteiger partial charge is 0.345 e. The minimum Gasteiger partial charge on any atom is -0.481 e. The van der Waals surface area contributed by atoms with Crippen LogP contribution in [0, 0.1) is 0 Å². The van der Waals surface area contributed by atoms with Crippen LogP contribution in [-0.4, -0.2) is 29.9 Å². The van der Waals surface area contributed by atoms with Crippen molar-refractivity contribution in [2.45, 2.75) is 25.9 Å². The maximum atomic E-state index is 12.5. The number of carbonyl (C=O) groups is 1. The summed E-state index contributed by atoms with van der Waals surface area (Å²) < 4.78 is 22.8. The van der Waals surface area contributed by atoms with Gasteiger partial charge in [-0.3, -0.25) is 9.36 Å². The van der Waals surface area contributed by atoms with Gasteiger partial charge in [0.15, 0.2) is 5.66 Å². The maximum absolute atomic E-state index is 12.5. The molecule has 0 amide bonds. The lowest BCUT2D eigenvalue weighted by molar-refractivity contribution is -0.137. The third-order valence-corrected chi connectivity index (χ3v) is 4.96. The number of carboxylic acids is 1. The van der Waals surface area contributed by atoms with Crippen LogP contribution in [0.3, 0.4) is 0 Å². The molecular weight excluding hydrogens is 267 g/mol. The molecule has 19 heavy (non-hydrogen) atoms. The van der Waals surface area contributed by atoms with Gasteiger partial charge in [0, 0.05) is 0 Å². The van der Waals surface area contributed by atoms with Gasteiger partial charge in [0.1, 0.15) is 0 Å². The van der Waals surface area contributed by atoms with Crippen molar-refractivity contribution in [3.05, 3.63) is 35.9 Å². The Morgan fingerprint density at radius 1 is 1.21 bits per heavy atom. The van der Waals surface area contributed by atoms with Crippen molar-refractivity contribution in [3.63, 3.8) is 0 Å². The molecule has 0 aliphatic heterocycles. The molecule has 1 aromatic rings. The van der Waals surface area contributed by atoms with Gasteiger partial charge in [-0.15, -0.1) is 0 Å². The van der Waals surface area contributed by atoms with Crippen LogP contribution in [0.15, 0.2) is 30.3 Å². The van der Waals surface area contributed by atoms with Gasteiger partial charge in [-0.2, -0.15) is 0 Å². The van der Waals surface area contributed by atoms with Gasteiger partial charge < -0.3 is 14.2 Å². The van der Waals surface area contributed by atoms with Crippen LogP contribution < -0.4 is 0 Å².